The minimum atomic E-state index is -0.423. The molecule has 2 heterocycles. The second-order valence-electron chi connectivity index (χ2n) is 4.14. The fraction of sp³-hybridized carbons (Fsp3) is 0.800. The molecule has 0 spiro atoms. The van der Waals surface area contributed by atoms with Gasteiger partial charge in [-0.1, -0.05) is 12.2 Å². The Labute approximate surface area is 77.3 Å². The SMILES string of the molecule is O[C@H]1[C@@H]2OC[C@@H](O2)[C@H]2CC=CC[C@@H]12. The summed E-state index contributed by atoms with van der Waals surface area (Å²) in [5.41, 5.74) is 0. The van der Waals surface area contributed by atoms with Crippen LogP contribution in [0.4, 0.5) is 0 Å². The summed E-state index contributed by atoms with van der Waals surface area (Å²) in [7, 11) is 0. The third-order valence-electron chi connectivity index (χ3n) is 3.46. The highest BCUT2D eigenvalue weighted by molar-refractivity contribution is 5.03. The number of hydrogen-bond acceptors (Lipinski definition) is 3. The molecular weight excluding hydrogens is 168 g/mol. The molecule has 2 saturated heterocycles. The molecule has 3 rings (SSSR count). The number of ether oxygens (including phenoxy) is 2. The highest BCUT2D eigenvalue weighted by Crippen LogP contribution is 2.42. The van der Waals surface area contributed by atoms with Crippen molar-refractivity contribution in [3.8, 4) is 0 Å². The molecule has 2 aliphatic heterocycles. The molecule has 0 amide bonds. The average molecular weight is 182 g/mol. The summed E-state index contributed by atoms with van der Waals surface area (Å²) in [6.45, 7) is 0.663. The van der Waals surface area contributed by atoms with Crippen molar-refractivity contribution in [2.45, 2.75) is 31.3 Å². The first-order valence-corrected chi connectivity index (χ1v) is 4.96. The zero-order valence-corrected chi connectivity index (χ0v) is 7.43. The third-order valence-corrected chi connectivity index (χ3v) is 3.46. The molecule has 3 aliphatic rings. The molecular formula is C10H14O3. The standard InChI is InChI=1S/C10H14O3/c11-9-7-4-2-1-3-6(7)8-5-12-10(9)13-8/h1-2,6-11H,3-5H2/t6-,7+,8+,9+,10+/m0/s1. The van der Waals surface area contributed by atoms with Crippen molar-refractivity contribution < 1.29 is 14.6 Å². The van der Waals surface area contributed by atoms with E-state index < -0.39 is 6.10 Å². The second kappa shape index (κ2) is 2.80. The molecule has 0 aromatic carbocycles. The van der Waals surface area contributed by atoms with Crippen LogP contribution >= 0.6 is 0 Å². The first-order valence-electron chi connectivity index (χ1n) is 4.96. The Balaban J connectivity index is 1.90. The van der Waals surface area contributed by atoms with Crippen LogP contribution < -0.4 is 0 Å². The van der Waals surface area contributed by atoms with Gasteiger partial charge >= 0.3 is 0 Å². The molecule has 1 N–H and O–H groups in total. The van der Waals surface area contributed by atoms with Gasteiger partial charge in [0.1, 0.15) is 6.10 Å². The lowest BCUT2D eigenvalue weighted by atomic mass is 9.75. The highest BCUT2D eigenvalue weighted by atomic mass is 16.7. The number of aliphatic hydroxyl groups is 1. The van der Waals surface area contributed by atoms with Crippen LogP contribution in [0.5, 0.6) is 0 Å². The molecule has 0 aromatic rings. The maximum absolute atomic E-state index is 9.91. The van der Waals surface area contributed by atoms with E-state index in [1.807, 2.05) is 0 Å². The first-order chi connectivity index (χ1) is 6.36. The monoisotopic (exact) mass is 182 g/mol. The fourth-order valence-corrected chi connectivity index (χ4v) is 2.72. The van der Waals surface area contributed by atoms with E-state index in [0.29, 0.717) is 18.4 Å². The summed E-state index contributed by atoms with van der Waals surface area (Å²) in [6.07, 6.45) is 5.81. The summed E-state index contributed by atoms with van der Waals surface area (Å²) in [6, 6.07) is 0. The van der Waals surface area contributed by atoms with E-state index in [1.54, 1.807) is 0 Å². The van der Waals surface area contributed by atoms with Gasteiger partial charge in [-0.2, -0.15) is 0 Å². The largest absolute Gasteiger partial charge is 0.388 e. The van der Waals surface area contributed by atoms with Crippen LogP contribution in [-0.2, 0) is 9.47 Å². The Morgan fingerprint density at radius 1 is 1.15 bits per heavy atom. The van der Waals surface area contributed by atoms with Gasteiger partial charge in [0, 0.05) is 0 Å². The summed E-state index contributed by atoms with van der Waals surface area (Å²) in [5.74, 6) is 0.829. The Hall–Kier alpha value is -0.380. The van der Waals surface area contributed by atoms with Crippen LogP contribution in [0.1, 0.15) is 12.8 Å². The smallest absolute Gasteiger partial charge is 0.184 e. The Morgan fingerprint density at radius 3 is 2.77 bits per heavy atom. The average Bonchev–Trinajstić information content (AvgIpc) is 2.61. The van der Waals surface area contributed by atoms with Crippen molar-refractivity contribution in [1.82, 2.24) is 0 Å². The quantitative estimate of drug-likeness (QED) is 0.560. The van der Waals surface area contributed by atoms with Crippen LogP contribution in [0.2, 0.25) is 0 Å². The first kappa shape index (κ1) is 7.97. The van der Waals surface area contributed by atoms with E-state index in [1.165, 1.54) is 0 Å². The van der Waals surface area contributed by atoms with E-state index in [2.05, 4.69) is 12.2 Å². The lowest BCUT2D eigenvalue weighted by molar-refractivity contribution is -0.193. The van der Waals surface area contributed by atoms with E-state index in [9.17, 15) is 5.11 Å². The molecule has 5 atom stereocenters. The predicted octanol–water partition coefficient (Wildman–Crippen LogP) is 0.685. The molecule has 0 saturated carbocycles. The van der Waals surface area contributed by atoms with E-state index in [4.69, 9.17) is 9.47 Å². The molecule has 3 heteroatoms. The summed E-state index contributed by atoms with van der Waals surface area (Å²) >= 11 is 0. The second-order valence-corrected chi connectivity index (χ2v) is 4.14. The van der Waals surface area contributed by atoms with Gasteiger partial charge in [0.25, 0.3) is 0 Å². The van der Waals surface area contributed by atoms with Gasteiger partial charge in [-0.05, 0) is 24.7 Å². The Kier molecular flexibility index (Phi) is 1.72. The lowest BCUT2D eigenvalue weighted by Crippen LogP contribution is -2.47. The van der Waals surface area contributed by atoms with Gasteiger partial charge in [0.2, 0.25) is 0 Å². The van der Waals surface area contributed by atoms with Gasteiger partial charge in [0.15, 0.2) is 6.29 Å². The van der Waals surface area contributed by atoms with E-state index >= 15 is 0 Å². The lowest BCUT2D eigenvalue weighted by Gasteiger charge is -2.39. The molecule has 2 fully saturated rings. The van der Waals surface area contributed by atoms with Crippen LogP contribution in [0.15, 0.2) is 12.2 Å². The van der Waals surface area contributed by atoms with Crippen LogP contribution in [0.25, 0.3) is 0 Å². The number of aliphatic hydroxyl groups excluding tert-OH is 1. The maximum atomic E-state index is 9.91. The summed E-state index contributed by atoms with van der Waals surface area (Å²) < 4.78 is 11.0. The number of hydrogen-bond donors (Lipinski definition) is 1. The zero-order chi connectivity index (χ0) is 8.84. The molecule has 72 valence electrons. The van der Waals surface area contributed by atoms with Crippen molar-refractivity contribution in [1.29, 1.82) is 0 Å². The number of fused-ring (bicyclic) bond motifs is 4. The van der Waals surface area contributed by atoms with Gasteiger partial charge in [-0.25, -0.2) is 0 Å². The molecule has 3 nitrogen and oxygen atoms in total. The van der Waals surface area contributed by atoms with Gasteiger partial charge in [0.05, 0.1) is 12.7 Å². The zero-order valence-electron chi connectivity index (χ0n) is 7.43. The molecule has 0 unspecified atom stereocenters. The molecule has 13 heavy (non-hydrogen) atoms. The predicted molar refractivity (Wildman–Crippen MR) is 46.0 cm³/mol. The van der Waals surface area contributed by atoms with Crippen molar-refractivity contribution in [3.63, 3.8) is 0 Å². The summed E-state index contributed by atoms with van der Waals surface area (Å²) in [5, 5.41) is 9.91. The van der Waals surface area contributed by atoms with E-state index in [-0.39, 0.29) is 12.4 Å². The van der Waals surface area contributed by atoms with Gasteiger partial charge in [-0.15, -0.1) is 0 Å². The minimum absolute atomic E-state index is 0.225. The van der Waals surface area contributed by atoms with E-state index in [0.717, 1.165) is 12.8 Å². The van der Waals surface area contributed by atoms with Gasteiger partial charge < -0.3 is 14.6 Å². The minimum Gasteiger partial charge on any atom is -0.388 e. The van der Waals surface area contributed by atoms with Crippen molar-refractivity contribution in [3.05, 3.63) is 12.2 Å². The highest BCUT2D eigenvalue weighted by Gasteiger charge is 2.49. The molecule has 0 radical (unpaired) electrons. The topological polar surface area (TPSA) is 38.7 Å². The fourth-order valence-electron chi connectivity index (χ4n) is 2.72. The third kappa shape index (κ3) is 1.08. The van der Waals surface area contributed by atoms with Gasteiger partial charge in [-0.3, -0.25) is 0 Å². The normalized spacial score (nSPS) is 53.5. The van der Waals surface area contributed by atoms with Crippen molar-refractivity contribution in [2.24, 2.45) is 11.8 Å². The Morgan fingerprint density at radius 2 is 1.92 bits per heavy atom. The molecule has 0 aromatic heterocycles. The van der Waals surface area contributed by atoms with Crippen LogP contribution in [-0.4, -0.2) is 30.2 Å². The Bertz CT molecular complexity index is 230. The van der Waals surface area contributed by atoms with Crippen molar-refractivity contribution in [2.75, 3.05) is 6.61 Å². The molecule has 1 aliphatic carbocycles. The van der Waals surface area contributed by atoms with Crippen LogP contribution in [0, 0.1) is 11.8 Å². The van der Waals surface area contributed by atoms with Crippen molar-refractivity contribution >= 4 is 0 Å². The number of rotatable bonds is 0. The maximum Gasteiger partial charge on any atom is 0.184 e. The molecule has 2 bridgehead atoms. The summed E-state index contributed by atoms with van der Waals surface area (Å²) in [4.78, 5) is 0. The number of allylic oxidation sites excluding steroid dienone is 2. The van der Waals surface area contributed by atoms with Crippen LogP contribution in [0.3, 0.4) is 0 Å².